The van der Waals surface area contributed by atoms with Crippen molar-refractivity contribution >= 4 is 11.7 Å². The van der Waals surface area contributed by atoms with E-state index < -0.39 is 17.8 Å². The Morgan fingerprint density at radius 1 is 1.26 bits per heavy atom. The van der Waals surface area contributed by atoms with E-state index in [0.717, 1.165) is 17.1 Å². The molecule has 27 heavy (non-hydrogen) atoms. The Hall–Kier alpha value is -3.44. The average molecular weight is 380 g/mol. The highest BCUT2D eigenvalue weighted by molar-refractivity contribution is 5.90. The summed E-state index contributed by atoms with van der Waals surface area (Å²) in [5.41, 5.74) is 3.79. The molecule has 3 aromatic heterocycles. The third kappa shape index (κ3) is 3.32. The topological polar surface area (TPSA) is 108 Å². The van der Waals surface area contributed by atoms with Crippen LogP contribution in [0.5, 0.6) is 0 Å². The molecule has 2 N–H and O–H groups in total. The number of nitrogens with zero attached hydrogens (tertiary/aromatic N) is 7. The number of hydrogen-bond acceptors (Lipinski definition) is 6. The van der Waals surface area contributed by atoms with E-state index in [1.54, 1.807) is 25.1 Å². The van der Waals surface area contributed by atoms with Crippen molar-refractivity contribution in [2.45, 2.75) is 6.18 Å². The number of amides is 1. The Labute approximate surface area is 151 Å². The maximum absolute atomic E-state index is 13.5. The summed E-state index contributed by atoms with van der Waals surface area (Å²) in [6.45, 7) is 0. The first-order valence-electron chi connectivity index (χ1n) is 7.59. The van der Waals surface area contributed by atoms with Crippen LogP contribution < -0.4 is 10.6 Å². The number of hydrogen-bond donors (Lipinski definition) is 1. The molecule has 0 fully saturated rings. The standard InChI is InChI=1S/C15H15F3N8O/c1-24(2)10-4-5-20-14(22-10)26-7-8(11(23-26)15(16,17)18)9-6-21-13(12(19)27)25(9)3/h4-7H,1-3H3,(H2,19,27). The maximum Gasteiger partial charge on any atom is 0.435 e. The van der Waals surface area contributed by atoms with Crippen LogP contribution in [0.4, 0.5) is 19.0 Å². The van der Waals surface area contributed by atoms with Gasteiger partial charge in [-0.25, -0.2) is 14.6 Å². The number of carbonyl (C=O) groups is 1. The Morgan fingerprint density at radius 2 is 1.96 bits per heavy atom. The van der Waals surface area contributed by atoms with Crippen molar-refractivity contribution in [1.29, 1.82) is 0 Å². The Balaban J connectivity index is 2.18. The van der Waals surface area contributed by atoms with Gasteiger partial charge in [-0.1, -0.05) is 0 Å². The molecule has 0 radical (unpaired) electrons. The van der Waals surface area contributed by atoms with Crippen LogP contribution in [0.2, 0.25) is 0 Å². The van der Waals surface area contributed by atoms with Gasteiger partial charge in [-0.2, -0.15) is 23.3 Å². The number of alkyl halides is 3. The number of carbonyl (C=O) groups excluding carboxylic acids is 1. The number of nitrogens with two attached hydrogens (primary N) is 1. The Bertz CT molecular complexity index is 1000. The molecule has 3 aromatic rings. The summed E-state index contributed by atoms with van der Waals surface area (Å²) in [5.74, 6) is -0.555. The summed E-state index contributed by atoms with van der Waals surface area (Å²) < 4.78 is 42.7. The second-order valence-corrected chi connectivity index (χ2v) is 5.83. The van der Waals surface area contributed by atoms with E-state index in [0.29, 0.717) is 5.82 Å². The molecule has 0 saturated carbocycles. The summed E-state index contributed by atoms with van der Waals surface area (Å²) in [5, 5.41) is 3.61. The lowest BCUT2D eigenvalue weighted by atomic mass is 10.2. The van der Waals surface area contributed by atoms with E-state index in [4.69, 9.17) is 5.73 Å². The number of anilines is 1. The molecule has 1 amide bonds. The molecule has 3 heterocycles. The van der Waals surface area contributed by atoms with Crippen LogP contribution in [0, 0.1) is 0 Å². The van der Waals surface area contributed by atoms with Crippen LogP contribution in [-0.4, -0.2) is 49.3 Å². The van der Waals surface area contributed by atoms with Crippen molar-refractivity contribution in [3.63, 3.8) is 0 Å². The molecule has 0 aliphatic carbocycles. The number of primary amides is 1. The second-order valence-electron chi connectivity index (χ2n) is 5.83. The zero-order valence-electron chi connectivity index (χ0n) is 14.6. The minimum absolute atomic E-state index is 0.0322. The largest absolute Gasteiger partial charge is 0.435 e. The summed E-state index contributed by atoms with van der Waals surface area (Å²) in [4.78, 5) is 25.0. The Morgan fingerprint density at radius 3 is 2.52 bits per heavy atom. The van der Waals surface area contributed by atoms with Gasteiger partial charge in [-0.15, -0.1) is 0 Å². The molecule has 0 spiro atoms. The summed E-state index contributed by atoms with van der Waals surface area (Å²) in [7, 11) is 4.87. The van der Waals surface area contributed by atoms with Gasteiger partial charge in [0.1, 0.15) is 5.82 Å². The lowest BCUT2D eigenvalue weighted by molar-refractivity contribution is -0.140. The van der Waals surface area contributed by atoms with Crippen LogP contribution in [-0.2, 0) is 13.2 Å². The molecule has 0 unspecified atom stereocenters. The number of rotatable bonds is 4. The highest BCUT2D eigenvalue weighted by atomic mass is 19.4. The molecule has 3 rings (SSSR count). The number of imidazole rings is 1. The quantitative estimate of drug-likeness (QED) is 0.730. The number of halogens is 3. The third-order valence-corrected chi connectivity index (χ3v) is 3.76. The molecule has 0 aromatic carbocycles. The van der Waals surface area contributed by atoms with Crippen LogP contribution in [0.25, 0.3) is 17.2 Å². The summed E-state index contributed by atoms with van der Waals surface area (Å²) >= 11 is 0. The smallest absolute Gasteiger partial charge is 0.363 e. The molecule has 0 aliphatic rings. The van der Waals surface area contributed by atoms with Crippen molar-refractivity contribution in [1.82, 2.24) is 29.3 Å². The van der Waals surface area contributed by atoms with Crippen molar-refractivity contribution in [2.75, 3.05) is 19.0 Å². The SMILES string of the molecule is CN(C)c1ccnc(-n2cc(-c3cnc(C(N)=O)n3C)c(C(F)(F)F)n2)n1. The van der Waals surface area contributed by atoms with Gasteiger partial charge in [-0.05, 0) is 6.07 Å². The normalized spacial score (nSPS) is 11.6. The molecule has 0 saturated heterocycles. The van der Waals surface area contributed by atoms with Crippen molar-refractivity contribution in [3.8, 4) is 17.2 Å². The highest BCUT2D eigenvalue weighted by Gasteiger charge is 2.39. The number of aromatic nitrogens is 6. The first-order valence-corrected chi connectivity index (χ1v) is 7.59. The monoisotopic (exact) mass is 380 g/mol. The van der Waals surface area contributed by atoms with Gasteiger partial charge in [0.15, 0.2) is 11.5 Å². The third-order valence-electron chi connectivity index (χ3n) is 3.76. The minimum Gasteiger partial charge on any atom is -0.363 e. The molecule has 9 nitrogen and oxygen atoms in total. The van der Waals surface area contributed by atoms with E-state index in [2.05, 4.69) is 20.1 Å². The Kier molecular flexibility index (Phi) is 4.33. The molecule has 142 valence electrons. The van der Waals surface area contributed by atoms with Crippen molar-refractivity contribution in [3.05, 3.63) is 36.2 Å². The van der Waals surface area contributed by atoms with E-state index >= 15 is 0 Å². The van der Waals surface area contributed by atoms with Crippen LogP contribution in [0.1, 0.15) is 16.3 Å². The molecule has 0 aliphatic heterocycles. The van der Waals surface area contributed by atoms with Gasteiger partial charge < -0.3 is 15.2 Å². The molecule has 0 atom stereocenters. The lowest BCUT2D eigenvalue weighted by Crippen LogP contribution is -2.17. The average Bonchev–Trinajstić information content (AvgIpc) is 3.18. The molecule has 12 heteroatoms. The van der Waals surface area contributed by atoms with Gasteiger partial charge in [0, 0.05) is 33.5 Å². The predicted octanol–water partition coefficient (Wildman–Crippen LogP) is 1.25. The first kappa shape index (κ1) is 18.4. The zero-order chi connectivity index (χ0) is 19.9. The fourth-order valence-electron chi connectivity index (χ4n) is 2.46. The highest BCUT2D eigenvalue weighted by Crippen LogP contribution is 2.36. The second kappa shape index (κ2) is 6.37. The fourth-order valence-corrected chi connectivity index (χ4v) is 2.46. The predicted molar refractivity (Wildman–Crippen MR) is 89.2 cm³/mol. The molecular formula is C15H15F3N8O. The van der Waals surface area contributed by atoms with E-state index in [1.807, 2.05) is 0 Å². The molecular weight excluding hydrogens is 365 g/mol. The molecule has 0 bridgehead atoms. The fraction of sp³-hybridized carbons (Fsp3) is 0.267. The van der Waals surface area contributed by atoms with Crippen molar-refractivity contribution < 1.29 is 18.0 Å². The maximum atomic E-state index is 13.5. The lowest BCUT2D eigenvalue weighted by Gasteiger charge is -2.11. The van der Waals surface area contributed by atoms with Crippen LogP contribution in [0.15, 0.2) is 24.7 Å². The summed E-state index contributed by atoms with van der Waals surface area (Å²) in [6.07, 6.45) is -1.05. The van der Waals surface area contributed by atoms with E-state index in [1.165, 1.54) is 17.8 Å². The minimum atomic E-state index is -4.74. The van der Waals surface area contributed by atoms with Crippen LogP contribution >= 0.6 is 0 Å². The van der Waals surface area contributed by atoms with Crippen molar-refractivity contribution in [2.24, 2.45) is 12.8 Å². The van der Waals surface area contributed by atoms with Gasteiger partial charge >= 0.3 is 6.18 Å². The van der Waals surface area contributed by atoms with E-state index in [-0.39, 0.29) is 23.0 Å². The van der Waals surface area contributed by atoms with Crippen LogP contribution in [0.3, 0.4) is 0 Å². The van der Waals surface area contributed by atoms with Gasteiger partial charge in [0.2, 0.25) is 0 Å². The van der Waals surface area contributed by atoms with E-state index in [9.17, 15) is 18.0 Å². The van der Waals surface area contributed by atoms with Gasteiger partial charge in [-0.3, -0.25) is 4.79 Å². The summed E-state index contributed by atoms with van der Waals surface area (Å²) in [6, 6.07) is 1.61. The zero-order valence-corrected chi connectivity index (χ0v) is 14.6. The van der Waals surface area contributed by atoms with Gasteiger partial charge in [0.05, 0.1) is 17.5 Å². The first-order chi connectivity index (χ1) is 12.6. The van der Waals surface area contributed by atoms with Gasteiger partial charge in [0.25, 0.3) is 11.9 Å².